The fraction of sp³-hybridized carbons (Fsp3) is 0.960. The number of ether oxygens (including phenoxy) is 4. The minimum absolute atomic E-state index is 0.173. The second-order valence-electron chi connectivity index (χ2n) is 18.6. The van der Waals surface area contributed by atoms with E-state index in [1.807, 2.05) is 0 Å². The third-order valence-electron chi connectivity index (χ3n) is 12.4. The number of carbonyl (C=O) groups excluding carboxylic acids is 2. The Labute approximate surface area is 384 Å². The van der Waals surface area contributed by atoms with Crippen molar-refractivity contribution in [1.82, 2.24) is 0 Å². The summed E-state index contributed by atoms with van der Waals surface area (Å²) >= 11 is 0. The summed E-state index contributed by atoms with van der Waals surface area (Å²) < 4.78 is 54.2. The Morgan fingerprint density at radius 3 is 1.16 bits per heavy atom. The van der Waals surface area contributed by atoms with E-state index in [1.165, 1.54) is 173 Å². The topological polar surface area (TPSA) is 186 Å². The van der Waals surface area contributed by atoms with Gasteiger partial charge in [-0.2, -0.15) is 8.42 Å². The van der Waals surface area contributed by atoms with Gasteiger partial charge in [0.25, 0.3) is 10.1 Å². The summed E-state index contributed by atoms with van der Waals surface area (Å²) in [6.45, 7) is 3.81. The van der Waals surface area contributed by atoms with Crippen LogP contribution in [-0.4, -0.2) is 96.0 Å². The monoisotopic (exact) mass is 921 g/mol. The molecule has 12 nitrogen and oxygen atoms in total. The third-order valence-corrected chi connectivity index (χ3v) is 13.2. The number of aliphatic hydroxyl groups excluding tert-OH is 3. The molecule has 0 saturated carbocycles. The SMILES string of the molecule is CCCCCCCCCCCCCCCCCCCCCCC(=O)O[C@H](COC(=O)CCCCCCCCCCCCCCCCC)CO[C@H]1O[C@H](CS(=O)(=O)O)[C@@H](O)C(O)C1O. The maximum atomic E-state index is 12.9. The van der Waals surface area contributed by atoms with E-state index < -0.39 is 71.2 Å². The predicted octanol–water partition coefficient (Wildman–Crippen LogP) is 11.6. The fourth-order valence-electron chi connectivity index (χ4n) is 8.39. The van der Waals surface area contributed by atoms with Gasteiger partial charge in [-0.1, -0.05) is 226 Å². The van der Waals surface area contributed by atoms with Crippen LogP contribution in [0.2, 0.25) is 0 Å². The first-order chi connectivity index (χ1) is 30.5. The molecule has 0 aliphatic carbocycles. The standard InChI is InChI=1S/C50H96O12S/c1-3-5-7-9-11-13-15-17-19-20-21-22-23-25-27-29-31-33-35-37-39-46(52)61-43(41-60-50-49(55)48(54)47(53)44(62-50)42-63(56,57)58)40-59-45(51)38-36-34-32-30-28-26-24-18-16-14-12-10-8-6-4-2/h43-44,47-50,53-55H,3-42H2,1-2H3,(H,56,57,58)/t43-,44-,47-,48?,49?,50+/m1/s1. The zero-order valence-corrected chi connectivity index (χ0v) is 41.0. The molecule has 0 radical (unpaired) electrons. The van der Waals surface area contributed by atoms with Crippen molar-refractivity contribution in [2.75, 3.05) is 19.0 Å². The van der Waals surface area contributed by atoms with Crippen LogP contribution in [0, 0.1) is 0 Å². The Hall–Kier alpha value is -1.35. The average Bonchev–Trinajstić information content (AvgIpc) is 3.25. The van der Waals surface area contributed by atoms with Gasteiger partial charge in [0, 0.05) is 12.8 Å². The molecule has 1 aliphatic heterocycles. The quantitative estimate of drug-likeness (QED) is 0.0258. The van der Waals surface area contributed by atoms with Crippen LogP contribution in [0.1, 0.15) is 251 Å². The lowest BCUT2D eigenvalue weighted by Gasteiger charge is -2.40. The molecule has 1 fully saturated rings. The van der Waals surface area contributed by atoms with Crippen LogP contribution in [0.5, 0.6) is 0 Å². The molecular formula is C50H96O12S. The lowest BCUT2D eigenvalue weighted by molar-refractivity contribution is -0.297. The molecule has 1 heterocycles. The molecule has 1 saturated heterocycles. The van der Waals surface area contributed by atoms with Crippen molar-refractivity contribution in [3.63, 3.8) is 0 Å². The maximum Gasteiger partial charge on any atom is 0.306 e. The summed E-state index contributed by atoms with van der Waals surface area (Å²) in [6.07, 6.45) is 34.3. The van der Waals surface area contributed by atoms with Gasteiger partial charge < -0.3 is 34.3 Å². The normalized spacial score (nSPS) is 19.6. The molecule has 6 atom stereocenters. The zero-order chi connectivity index (χ0) is 46.2. The second-order valence-corrected chi connectivity index (χ2v) is 20.1. The summed E-state index contributed by atoms with van der Waals surface area (Å²) in [7, 11) is -4.60. The average molecular weight is 921 g/mol. The van der Waals surface area contributed by atoms with Crippen molar-refractivity contribution in [3.8, 4) is 0 Å². The Morgan fingerprint density at radius 2 is 0.810 bits per heavy atom. The molecule has 2 unspecified atom stereocenters. The van der Waals surface area contributed by atoms with Gasteiger partial charge >= 0.3 is 11.9 Å². The molecular weight excluding hydrogens is 825 g/mol. The number of hydrogen-bond acceptors (Lipinski definition) is 11. The first-order valence-corrected chi connectivity index (χ1v) is 27.7. The van der Waals surface area contributed by atoms with Gasteiger partial charge in [-0.25, -0.2) is 0 Å². The number of carbonyl (C=O) groups is 2. The molecule has 0 aromatic rings. The highest BCUT2D eigenvalue weighted by molar-refractivity contribution is 7.85. The van der Waals surface area contributed by atoms with Gasteiger partial charge in [-0.15, -0.1) is 0 Å². The van der Waals surface area contributed by atoms with E-state index in [2.05, 4.69) is 13.8 Å². The lowest BCUT2D eigenvalue weighted by atomic mass is 10.00. The summed E-state index contributed by atoms with van der Waals surface area (Å²) in [6, 6.07) is 0. The highest BCUT2D eigenvalue weighted by Crippen LogP contribution is 2.24. The Balaban J connectivity index is 2.34. The molecule has 63 heavy (non-hydrogen) atoms. The maximum absolute atomic E-state index is 12.9. The summed E-state index contributed by atoms with van der Waals surface area (Å²) in [5.41, 5.74) is 0. The summed E-state index contributed by atoms with van der Waals surface area (Å²) in [5.74, 6) is -1.96. The van der Waals surface area contributed by atoms with E-state index in [0.717, 1.165) is 38.5 Å². The number of aliphatic hydroxyl groups is 3. The Morgan fingerprint density at radius 1 is 0.476 bits per heavy atom. The van der Waals surface area contributed by atoms with Gasteiger partial charge in [0.1, 0.15) is 36.8 Å². The fourth-order valence-corrected chi connectivity index (χ4v) is 9.08. The minimum Gasteiger partial charge on any atom is -0.462 e. The second kappa shape index (κ2) is 40.9. The molecule has 374 valence electrons. The van der Waals surface area contributed by atoms with Crippen molar-refractivity contribution in [1.29, 1.82) is 0 Å². The van der Waals surface area contributed by atoms with Gasteiger partial charge in [0.05, 0.1) is 6.61 Å². The largest absolute Gasteiger partial charge is 0.462 e. The van der Waals surface area contributed by atoms with Crippen LogP contribution >= 0.6 is 0 Å². The van der Waals surface area contributed by atoms with E-state index in [9.17, 15) is 37.9 Å². The van der Waals surface area contributed by atoms with Gasteiger partial charge in [-0.3, -0.25) is 14.1 Å². The van der Waals surface area contributed by atoms with Crippen molar-refractivity contribution in [2.45, 2.75) is 288 Å². The van der Waals surface area contributed by atoms with E-state index in [1.54, 1.807) is 0 Å². The van der Waals surface area contributed by atoms with E-state index in [4.69, 9.17) is 18.9 Å². The molecule has 0 bridgehead atoms. The number of unbranched alkanes of at least 4 members (excludes halogenated alkanes) is 33. The smallest absolute Gasteiger partial charge is 0.306 e. The van der Waals surface area contributed by atoms with E-state index in [0.29, 0.717) is 12.8 Å². The first-order valence-electron chi connectivity index (χ1n) is 26.1. The van der Waals surface area contributed by atoms with E-state index in [-0.39, 0.29) is 19.4 Å². The zero-order valence-electron chi connectivity index (χ0n) is 40.2. The van der Waals surface area contributed by atoms with Gasteiger partial charge in [0.2, 0.25) is 0 Å². The minimum atomic E-state index is -4.60. The van der Waals surface area contributed by atoms with Crippen LogP contribution in [0.3, 0.4) is 0 Å². The van der Waals surface area contributed by atoms with Gasteiger partial charge in [-0.05, 0) is 12.8 Å². The Bertz CT molecular complexity index is 1170. The molecule has 0 amide bonds. The molecule has 1 aliphatic rings. The van der Waals surface area contributed by atoms with Crippen molar-refractivity contribution in [3.05, 3.63) is 0 Å². The van der Waals surface area contributed by atoms with Crippen LogP contribution in [0.15, 0.2) is 0 Å². The number of esters is 2. The predicted molar refractivity (Wildman–Crippen MR) is 252 cm³/mol. The lowest BCUT2D eigenvalue weighted by Crippen LogP contribution is -2.60. The third kappa shape index (κ3) is 35.5. The number of rotatable bonds is 45. The number of hydrogen-bond donors (Lipinski definition) is 4. The van der Waals surface area contributed by atoms with Crippen LogP contribution in [0.4, 0.5) is 0 Å². The van der Waals surface area contributed by atoms with E-state index >= 15 is 0 Å². The van der Waals surface area contributed by atoms with Gasteiger partial charge in [0.15, 0.2) is 12.4 Å². The van der Waals surface area contributed by atoms with Crippen LogP contribution < -0.4 is 0 Å². The highest BCUT2D eigenvalue weighted by Gasteiger charge is 2.46. The highest BCUT2D eigenvalue weighted by atomic mass is 32.2. The van der Waals surface area contributed by atoms with Crippen LogP contribution in [-0.2, 0) is 38.7 Å². The molecule has 13 heteroatoms. The summed E-state index contributed by atoms with van der Waals surface area (Å²) in [4.78, 5) is 25.5. The van der Waals surface area contributed by atoms with Crippen molar-refractivity contribution < 1.29 is 56.8 Å². The first kappa shape index (κ1) is 59.7. The van der Waals surface area contributed by atoms with Crippen LogP contribution in [0.25, 0.3) is 0 Å². The van der Waals surface area contributed by atoms with Crippen molar-refractivity contribution in [2.24, 2.45) is 0 Å². The molecule has 0 spiro atoms. The molecule has 0 aromatic heterocycles. The molecule has 0 aromatic carbocycles. The molecule has 4 N–H and O–H groups in total. The summed E-state index contributed by atoms with van der Waals surface area (Å²) in [5, 5.41) is 31.0. The van der Waals surface area contributed by atoms with Crippen molar-refractivity contribution >= 4 is 22.1 Å². The molecule has 1 rings (SSSR count). The Kier molecular flexibility index (Phi) is 38.7.